The second-order valence-corrected chi connectivity index (χ2v) is 4.67. The molecule has 0 radical (unpaired) electrons. The smallest absolute Gasteiger partial charge is 0.120 e. The van der Waals surface area contributed by atoms with Crippen LogP contribution < -0.4 is 5.32 Å². The van der Waals surface area contributed by atoms with E-state index >= 15 is 0 Å². The van der Waals surface area contributed by atoms with Gasteiger partial charge in [0.1, 0.15) is 11.8 Å². The summed E-state index contributed by atoms with van der Waals surface area (Å²) in [6.07, 6.45) is 1.80. The normalized spacial score (nSPS) is 12.1. The van der Waals surface area contributed by atoms with Gasteiger partial charge < -0.3 is 9.88 Å². The van der Waals surface area contributed by atoms with Crippen LogP contribution in [0.5, 0.6) is 0 Å². The highest BCUT2D eigenvalue weighted by Crippen LogP contribution is 2.15. The van der Waals surface area contributed by atoms with E-state index in [1.165, 1.54) is 0 Å². The summed E-state index contributed by atoms with van der Waals surface area (Å²) in [5.74, 6) is 0. The Kier molecular flexibility index (Phi) is 3.98. The molecule has 1 atom stereocenters. The molecule has 0 bridgehead atoms. The third kappa shape index (κ3) is 2.83. The topological polar surface area (TPSA) is 53.6 Å². The SMILES string of the molecule is Cc1c(CNC(C)c2ccccn2)cc(C#N)n1C. The first-order valence-electron chi connectivity index (χ1n) is 6.33. The molecular weight excluding hydrogens is 236 g/mol. The Morgan fingerprint density at radius 2 is 2.26 bits per heavy atom. The molecule has 0 saturated heterocycles. The van der Waals surface area contributed by atoms with Crippen LogP contribution in [0.25, 0.3) is 0 Å². The summed E-state index contributed by atoms with van der Waals surface area (Å²) in [6.45, 7) is 4.86. The largest absolute Gasteiger partial charge is 0.340 e. The van der Waals surface area contributed by atoms with Crippen LogP contribution in [-0.2, 0) is 13.6 Å². The fraction of sp³-hybridized carbons (Fsp3) is 0.333. The molecule has 1 N–H and O–H groups in total. The Balaban J connectivity index is 2.06. The number of nitrogens with zero attached hydrogens (tertiary/aromatic N) is 3. The summed E-state index contributed by atoms with van der Waals surface area (Å²) in [4.78, 5) is 4.33. The van der Waals surface area contributed by atoms with Gasteiger partial charge in [-0.1, -0.05) is 6.07 Å². The zero-order valence-corrected chi connectivity index (χ0v) is 11.5. The molecule has 0 fully saturated rings. The molecule has 98 valence electrons. The van der Waals surface area contributed by atoms with Crippen molar-refractivity contribution in [1.82, 2.24) is 14.9 Å². The zero-order chi connectivity index (χ0) is 13.8. The summed E-state index contributed by atoms with van der Waals surface area (Å²) in [6, 6.07) is 10.2. The van der Waals surface area contributed by atoms with Gasteiger partial charge in [0.25, 0.3) is 0 Å². The molecule has 2 heterocycles. The van der Waals surface area contributed by atoms with E-state index < -0.39 is 0 Å². The Morgan fingerprint density at radius 1 is 1.47 bits per heavy atom. The molecule has 0 saturated carbocycles. The molecular formula is C15H18N4. The van der Waals surface area contributed by atoms with E-state index in [2.05, 4.69) is 23.3 Å². The maximum atomic E-state index is 9.01. The number of aromatic nitrogens is 2. The van der Waals surface area contributed by atoms with Crippen molar-refractivity contribution < 1.29 is 0 Å². The van der Waals surface area contributed by atoms with E-state index in [0.29, 0.717) is 5.69 Å². The molecule has 0 amide bonds. The number of nitriles is 1. The summed E-state index contributed by atoms with van der Waals surface area (Å²) < 4.78 is 1.92. The first kappa shape index (κ1) is 13.3. The molecule has 0 spiro atoms. The van der Waals surface area contributed by atoms with Crippen LogP contribution in [0.1, 0.15) is 35.6 Å². The molecule has 0 aromatic carbocycles. The molecule has 0 aliphatic carbocycles. The third-order valence-corrected chi connectivity index (χ3v) is 3.48. The first-order valence-corrected chi connectivity index (χ1v) is 6.33. The van der Waals surface area contributed by atoms with Crippen LogP contribution >= 0.6 is 0 Å². The van der Waals surface area contributed by atoms with Crippen LogP contribution in [0.15, 0.2) is 30.5 Å². The number of hydrogen-bond donors (Lipinski definition) is 1. The molecule has 19 heavy (non-hydrogen) atoms. The molecule has 2 aromatic rings. The van der Waals surface area contributed by atoms with Crippen LogP contribution in [0, 0.1) is 18.3 Å². The third-order valence-electron chi connectivity index (χ3n) is 3.48. The number of rotatable bonds is 4. The maximum absolute atomic E-state index is 9.01. The highest BCUT2D eigenvalue weighted by Gasteiger charge is 2.10. The second kappa shape index (κ2) is 5.68. The summed E-state index contributed by atoms with van der Waals surface area (Å²) in [7, 11) is 1.92. The Hall–Kier alpha value is -2.12. The molecule has 4 heteroatoms. The second-order valence-electron chi connectivity index (χ2n) is 4.67. The van der Waals surface area contributed by atoms with E-state index in [0.717, 1.165) is 23.5 Å². The zero-order valence-electron chi connectivity index (χ0n) is 11.5. The molecule has 2 rings (SSSR count). The predicted octanol–water partition coefficient (Wildman–Crippen LogP) is 2.45. The van der Waals surface area contributed by atoms with Crippen molar-refractivity contribution in [2.24, 2.45) is 7.05 Å². The lowest BCUT2D eigenvalue weighted by Gasteiger charge is -2.13. The molecule has 1 unspecified atom stereocenters. The fourth-order valence-corrected chi connectivity index (χ4v) is 2.05. The van der Waals surface area contributed by atoms with Crippen molar-refractivity contribution in [1.29, 1.82) is 5.26 Å². The van der Waals surface area contributed by atoms with Gasteiger partial charge in [-0.3, -0.25) is 4.98 Å². The summed E-state index contributed by atoms with van der Waals surface area (Å²) in [5, 5.41) is 12.4. The lowest BCUT2D eigenvalue weighted by atomic mass is 10.2. The van der Waals surface area contributed by atoms with Gasteiger partial charge in [0, 0.05) is 31.5 Å². The molecule has 2 aromatic heterocycles. The lowest BCUT2D eigenvalue weighted by molar-refractivity contribution is 0.559. The Labute approximate surface area is 113 Å². The monoisotopic (exact) mass is 254 g/mol. The predicted molar refractivity (Wildman–Crippen MR) is 74.4 cm³/mol. The van der Waals surface area contributed by atoms with Gasteiger partial charge in [-0.15, -0.1) is 0 Å². The average Bonchev–Trinajstić information content (AvgIpc) is 2.73. The van der Waals surface area contributed by atoms with Gasteiger partial charge in [0.2, 0.25) is 0 Å². The van der Waals surface area contributed by atoms with Gasteiger partial charge in [-0.25, -0.2) is 0 Å². The summed E-state index contributed by atoms with van der Waals surface area (Å²) in [5.41, 5.74) is 4.00. The fourth-order valence-electron chi connectivity index (χ4n) is 2.05. The van der Waals surface area contributed by atoms with E-state index in [1.807, 2.05) is 42.8 Å². The average molecular weight is 254 g/mol. The first-order chi connectivity index (χ1) is 9.13. The van der Waals surface area contributed by atoms with Gasteiger partial charge in [-0.2, -0.15) is 5.26 Å². The molecule has 0 aliphatic heterocycles. The standard InChI is InChI=1S/C15H18N4/c1-11(15-6-4-5-7-17-15)18-10-13-8-14(9-16)19(3)12(13)2/h4-8,11,18H,10H2,1-3H3. The molecule has 4 nitrogen and oxygen atoms in total. The van der Waals surface area contributed by atoms with Crippen molar-refractivity contribution in [3.05, 3.63) is 53.1 Å². The Bertz CT molecular complexity index is 593. The highest BCUT2D eigenvalue weighted by atomic mass is 15.0. The highest BCUT2D eigenvalue weighted by molar-refractivity contribution is 5.34. The van der Waals surface area contributed by atoms with Crippen LogP contribution in [0.3, 0.4) is 0 Å². The van der Waals surface area contributed by atoms with Gasteiger partial charge in [-0.05, 0) is 37.6 Å². The minimum atomic E-state index is 0.186. The summed E-state index contributed by atoms with van der Waals surface area (Å²) >= 11 is 0. The van der Waals surface area contributed by atoms with E-state index in [1.54, 1.807) is 6.20 Å². The number of nitrogens with one attached hydrogen (secondary N) is 1. The van der Waals surface area contributed by atoms with E-state index in [4.69, 9.17) is 5.26 Å². The van der Waals surface area contributed by atoms with Crippen molar-refractivity contribution in [2.75, 3.05) is 0 Å². The van der Waals surface area contributed by atoms with Crippen molar-refractivity contribution in [3.8, 4) is 6.07 Å². The minimum Gasteiger partial charge on any atom is -0.340 e. The van der Waals surface area contributed by atoms with Crippen molar-refractivity contribution in [2.45, 2.75) is 26.4 Å². The van der Waals surface area contributed by atoms with Crippen LogP contribution in [-0.4, -0.2) is 9.55 Å². The van der Waals surface area contributed by atoms with E-state index in [-0.39, 0.29) is 6.04 Å². The maximum Gasteiger partial charge on any atom is 0.120 e. The number of hydrogen-bond acceptors (Lipinski definition) is 3. The van der Waals surface area contributed by atoms with Crippen molar-refractivity contribution >= 4 is 0 Å². The quantitative estimate of drug-likeness (QED) is 0.911. The van der Waals surface area contributed by atoms with Crippen LogP contribution in [0.4, 0.5) is 0 Å². The minimum absolute atomic E-state index is 0.186. The molecule has 0 aliphatic rings. The van der Waals surface area contributed by atoms with Gasteiger partial charge in [0.05, 0.1) is 5.69 Å². The van der Waals surface area contributed by atoms with E-state index in [9.17, 15) is 0 Å². The van der Waals surface area contributed by atoms with Crippen molar-refractivity contribution in [3.63, 3.8) is 0 Å². The Morgan fingerprint density at radius 3 is 2.84 bits per heavy atom. The van der Waals surface area contributed by atoms with Crippen LogP contribution in [0.2, 0.25) is 0 Å². The number of pyridine rings is 1. The van der Waals surface area contributed by atoms with Gasteiger partial charge >= 0.3 is 0 Å². The lowest BCUT2D eigenvalue weighted by Crippen LogP contribution is -2.19. The van der Waals surface area contributed by atoms with Gasteiger partial charge in [0.15, 0.2) is 0 Å².